The topological polar surface area (TPSA) is 87.0 Å². The van der Waals surface area contributed by atoms with Gasteiger partial charge in [0.1, 0.15) is 5.70 Å². The summed E-state index contributed by atoms with van der Waals surface area (Å²) in [5.74, 6) is -0.695. The van der Waals surface area contributed by atoms with E-state index in [1.165, 1.54) is 17.0 Å². The van der Waals surface area contributed by atoms with Gasteiger partial charge in [-0.25, -0.2) is 0 Å². The van der Waals surface area contributed by atoms with Gasteiger partial charge in [-0.3, -0.25) is 24.6 Å². The number of carbonyl (C=O) groups excluding carboxylic acids is 2. The van der Waals surface area contributed by atoms with Gasteiger partial charge in [-0.05, 0) is 63.2 Å². The Labute approximate surface area is 193 Å². The highest BCUT2D eigenvalue weighted by Gasteiger charge is 2.42. The Balaban J connectivity index is 1.71. The van der Waals surface area contributed by atoms with Crippen molar-refractivity contribution in [1.29, 1.82) is 0 Å². The lowest BCUT2D eigenvalue weighted by atomic mass is 10.00. The molecule has 2 aromatic carbocycles. The lowest BCUT2D eigenvalue weighted by Crippen LogP contribution is -2.43. The number of nitrogens with zero attached hydrogens (tertiary/aromatic N) is 4. The van der Waals surface area contributed by atoms with Gasteiger partial charge in [0.05, 0.1) is 17.0 Å². The van der Waals surface area contributed by atoms with Crippen LogP contribution < -0.4 is 0 Å². The quantitative estimate of drug-likeness (QED) is 0.383. The first-order valence-electron chi connectivity index (χ1n) is 11.1. The molecule has 2 heterocycles. The normalized spacial score (nSPS) is 17.7. The second kappa shape index (κ2) is 9.15. The summed E-state index contributed by atoms with van der Waals surface area (Å²) >= 11 is 0. The van der Waals surface area contributed by atoms with E-state index in [0.717, 1.165) is 37.1 Å². The molecule has 0 radical (unpaired) electrons. The molecule has 8 heteroatoms. The summed E-state index contributed by atoms with van der Waals surface area (Å²) in [7, 11) is 3.95. The number of carbonyl (C=O) groups is 2. The van der Waals surface area contributed by atoms with Crippen molar-refractivity contribution in [2.75, 3.05) is 27.2 Å². The monoisotopic (exact) mass is 448 g/mol. The van der Waals surface area contributed by atoms with Gasteiger partial charge in [-0.15, -0.1) is 0 Å². The number of aryl methyl sites for hydroxylation is 1. The maximum atomic E-state index is 13.6. The number of non-ortho nitro benzene ring substituents is 1. The number of amides is 2. The Kier molecular flexibility index (Phi) is 6.29. The number of likely N-dealkylation sites (N-methyl/N-ethyl adjacent to an activating group) is 1. The van der Waals surface area contributed by atoms with Crippen molar-refractivity contribution in [3.05, 3.63) is 81.0 Å². The molecule has 2 aliphatic rings. The van der Waals surface area contributed by atoms with Crippen molar-refractivity contribution in [2.45, 2.75) is 32.4 Å². The van der Waals surface area contributed by atoms with Crippen LogP contribution in [-0.4, -0.2) is 64.7 Å². The molecule has 0 aromatic heterocycles. The Hall–Kier alpha value is -3.52. The van der Waals surface area contributed by atoms with E-state index in [1.54, 1.807) is 12.1 Å². The molecule has 33 heavy (non-hydrogen) atoms. The van der Waals surface area contributed by atoms with Gasteiger partial charge in [-0.2, -0.15) is 0 Å². The Morgan fingerprint density at radius 2 is 1.61 bits per heavy atom. The smallest absolute Gasteiger partial charge is 0.278 e. The predicted octanol–water partition coefficient (Wildman–Crippen LogP) is 3.21. The summed E-state index contributed by atoms with van der Waals surface area (Å²) in [5.41, 5.74) is 3.11. The van der Waals surface area contributed by atoms with Crippen LogP contribution in [0.15, 0.2) is 54.2 Å². The van der Waals surface area contributed by atoms with Crippen LogP contribution in [0, 0.1) is 17.0 Å². The molecule has 0 saturated carbocycles. The number of hydrogen-bond donors (Lipinski definition) is 0. The van der Waals surface area contributed by atoms with E-state index in [2.05, 4.69) is 11.9 Å². The summed E-state index contributed by atoms with van der Waals surface area (Å²) in [4.78, 5) is 43.2. The lowest BCUT2D eigenvalue weighted by molar-refractivity contribution is -0.384. The lowest BCUT2D eigenvalue weighted by Gasteiger charge is -2.36. The molecule has 1 saturated heterocycles. The molecule has 0 atom stereocenters. The highest BCUT2D eigenvalue weighted by atomic mass is 16.6. The van der Waals surface area contributed by atoms with Crippen LogP contribution in [-0.2, 0) is 16.1 Å². The molecule has 0 N–H and O–H groups in total. The number of nitro groups is 1. The Bertz CT molecular complexity index is 1100. The fraction of sp³-hybridized carbons (Fsp3) is 0.360. The van der Waals surface area contributed by atoms with E-state index in [-0.39, 0.29) is 30.1 Å². The van der Waals surface area contributed by atoms with Crippen molar-refractivity contribution in [3.8, 4) is 0 Å². The number of imide groups is 1. The van der Waals surface area contributed by atoms with Crippen LogP contribution in [0.5, 0.6) is 0 Å². The first-order chi connectivity index (χ1) is 15.8. The second-order valence-electron chi connectivity index (χ2n) is 8.85. The number of piperidine rings is 1. The third kappa shape index (κ3) is 4.52. The number of rotatable bonds is 6. The standard InChI is InChI=1S/C25H28N4O4/c1-17-4-6-18(7-5-17)16-28-24(30)22(19-8-10-21(11-9-19)29(32)33)23(25(28)31)27(3)20-12-14-26(2)15-13-20/h4-11,20H,12-16H2,1-3H3. The molecule has 0 aliphatic carbocycles. The van der Waals surface area contributed by atoms with Gasteiger partial charge in [-0.1, -0.05) is 29.8 Å². The van der Waals surface area contributed by atoms with Gasteiger partial charge in [0.15, 0.2) is 0 Å². The largest absolute Gasteiger partial charge is 0.366 e. The highest BCUT2D eigenvalue weighted by molar-refractivity contribution is 6.35. The Morgan fingerprint density at radius 1 is 1.00 bits per heavy atom. The summed E-state index contributed by atoms with van der Waals surface area (Å²) in [6, 6.07) is 13.7. The number of hydrogen-bond acceptors (Lipinski definition) is 6. The van der Waals surface area contributed by atoms with Gasteiger partial charge >= 0.3 is 0 Å². The van der Waals surface area contributed by atoms with Gasteiger partial charge in [0.2, 0.25) is 0 Å². The number of likely N-dealkylation sites (tertiary alicyclic amines) is 1. The summed E-state index contributed by atoms with van der Waals surface area (Å²) < 4.78 is 0. The van der Waals surface area contributed by atoms with E-state index in [1.807, 2.05) is 43.1 Å². The van der Waals surface area contributed by atoms with Crippen molar-refractivity contribution in [3.63, 3.8) is 0 Å². The zero-order valence-corrected chi connectivity index (χ0v) is 19.2. The molecule has 2 amide bonds. The van der Waals surface area contributed by atoms with E-state index in [4.69, 9.17) is 0 Å². The Morgan fingerprint density at radius 3 is 2.18 bits per heavy atom. The molecule has 0 bridgehead atoms. The minimum atomic E-state index is -0.477. The van der Waals surface area contributed by atoms with Gasteiger partial charge < -0.3 is 9.80 Å². The van der Waals surface area contributed by atoms with Crippen molar-refractivity contribution in [2.24, 2.45) is 0 Å². The third-order valence-corrected chi connectivity index (χ3v) is 6.56. The third-order valence-electron chi connectivity index (χ3n) is 6.56. The molecule has 4 rings (SSSR count). The minimum absolute atomic E-state index is 0.0575. The number of benzene rings is 2. The second-order valence-corrected chi connectivity index (χ2v) is 8.85. The van der Waals surface area contributed by atoms with Crippen molar-refractivity contribution < 1.29 is 14.5 Å². The van der Waals surface area contributed by atoms with Crippen molar-refractivity contribution >= 4 is 23.1 Å². The van der Waals surface area contributed by atoms with Crippen LogP contribution in [0.1, 0.15) is 29.5 Å². The minimum Gasteiger partial charge on any atom is -0.366 e. The fourth-order valence-electron chi connectivity index (χ4n) is 4.48. The molecule has 0 spiro atoms. The van der Waals surface area contributed by atoms with E-state index >= 15 is 0 Å². The highest BCUT2D eigenvalue weighted by Crippen LogP contribution is 2.35. The van der Waals surface area contributed by atoms with Gasteiger partial charge in [0.25, 0.3) is 17.5 Å². The van der Waals surface area contributed by atoms with Crippen LogP contribution >= 0.6 is 0 Å². The predicted molar refractivity (Wildman–Crippen MR) is 125 cm³/mol. The van der Waals surface area contributed by atoms with E-state index in [9.17, 15) is 19.7 Å². The fourth-order valence-corrected chi connectivity index (χ4v) is 4.48. The average Bonchev–Trinajstić information content (AvgIpc) is 3.05. The molecule has 2 aliphatic heterocycles. The maximum absolute atomic E-state index is 13.6. The average molecular weight is 449 g/mol. The number of nitro benzene ring substituents is 1. The summed E-state index contributed by atoms with van der Waals surface area (Å²) in [5, 5.41) is 11.1. The molecular formula is C25H28N4O4. The summed E-state index contributed by atoms with van der Waals surface area (Å²) in [6.45, 7) is 4.01. The first kappa shape index (κ1) is 22.7. The first-order valence-corrected chi connectivity index (χ1v) is 11.1. The zero-order chi connectivity index (χ0) is 23.7. The van der Waals surface area contributed by atoms with Gasteiger partial charge in [0, 0.05) is 25.2 Å². The van der Waals surface area contributed by atoms with Crippen molar-refractivity contribution in [1.82, 2.24) is 14.7 Å². The maximum Gasteiger partial charge on any atom is 0.278 e. The van der Waals surface area contributed by atoms with E-state index < -0.39 is 4.92 Å². The van der Waals surface area contributed by atoms with E-state index in [0.29, 0.717) is 16.8 Å². The van der Waals surface area contributed by atoms with Crippen LogP contribution in [0.25, 0.3) is 5.57 Å². The molecule has 8 nitrogen and oxygen atoms in total. The van der Waals surface area contributed by atoms with Crippen LogP contribution in [0.3, 0.4) is 0 Å². The molecular weight excluding hydrogens is 420 g/mol. The molecule has 0 unspecified atom stereocenters. The molecule has 1 fully saturated rings. The van der Waals surface area contributed by atoms with Crippen LogP contribution in [0.4, 0.5) is 5.69 Å². The zero-order valence-electron chi connectivity index (χ0n) is 19.2. The van der Waals surface area contributed by atoms with Crippen LogP contribution in [0.2, 0.25) is 0 Å². The SMILES string of the molecule is Cc1ccc(CN2C(=O)C(c3ccc([N+](=O)[O-])cc3)=C(N(C)C3CCN(C)CC3)C2=O)cc1. The molecule has 2 aromatic rings. The summed E-state index contributed by atoms with van der Waals surface area (Å²) in [6.07, 6.45) is 1.78. The molecule has 172 valence electrons.